The van der Waals surface area contributed by atoms with E-state index in [-0.39, 0.29) is 5.82 Å². The van der Waals surface area contributed by atoms with Crippen molar-refractivity contribution in [3.63, 3.8) is 0 Å². The topological polar surface area (TPSA) is 99.8 Å². The third kappa shape index (κ3) is 3.85. The number of aromatic nitrogens is 3. The first-order valence-electron chi connectivity index (χ1n) is 11.2. The molecular formula is C25H25FN6O3. The van der Waals surface area contributed by atoms with Gasteiger partial charge in [0.15, 0.2) is 23.0 Å². The van der Waals surface area contributed by atoms with Gasteiger partial charge in [-0.05, 0) is 43.2 Å². The number of methoxy groups -OCH3 is 3. The summed E-state index contributed by atoms with van der Waals surface area (Å²) in [7, 11) is 4.62. The highest BCUT2D eigenvalue weighted by Crippen LogP contribution is 2.43. The van der Waals surface area contributed by atoms with Crippen LogP contribution in [0.25, 0.3) is 16.9 Å². The number of H-pyrrole nitrogens is 1. The number of anilines is 3. The van der Waals surface area contributed by atoms with E-state index in [0.29, 0.717) is 56.9 Å². The summed E-state index contributed by atoms with van der Waals surface area (Å²) in [6, 6.07) is 10.8. The fraction of sp³-hybridized carbons (Fsp3) is 0.280. The molecule has 1 aliphatic rings. The van der Waals surface area contributed by atoms with Gasteiger partial charge in [0.05, 0.1) is 38.9 Å². The lowest BCUT2D eigenvalue weighted by Crippen LogP contribution is -2.18. The first kappa shape index (κ1) is 22.4. The molecule has 0 aliphatic carbocycles. The Morgan fingerprint density at radius 1 is 1.06 bits per heavy atom. The molecule has 0 amide bonds. The third-order valence-corrected chi connectivity index (χ3v) is 6.19. The van der Waals surface area contributed by atoms with Crippen molar-refractivity contribution in [3.05, 3.63) is 47.9 Å². The monoisotopic (exact) mass is 476 g/mol. The number of nitrogens with zero attached hydrogens (tertiary/aromatic N) is 4. The minimum absolute atomic E-state index is 0.295. The molecule has 0 atom stereocenters. The van der Waals surface area contributed by atoms with Gasteiger partial charge in [-0.2, -0.15) is 14.9 Å². The second-order valence-electron chi connectivity index (χ2n) is 8.18. The van der Waals surface area contributed by atoms with Gasteiger partial charge in [0.1, 0.15) is 17.4 Å². The minimum atomic E-state index is -0.295. The van der Waals surface area contributed by atoms with Crippen molar-refractivity contribution in [3.8, 4) is 34.6 Å². The second kappa shape index (κ2) is 9.10. The average molecular weight is 477 g/mol. The Hall–Kier alpha value is -4.39. The van der Waals surface area contributed by atoms with Crippen LogP contribution in [0.5, 0.6) is 17.2 Å². The van der Waals surface area contributed by atoms with Crippen molar-refractivity contribution in [1.82, 2.24) is 14.6 Å². The van der Waals surface area contributed by atoms with Crippen LogP contribution in [0.3, 0.4) is 0 Å². The Labute approximate surface area is 201 Å². The summed E-state index contributed by atoms with van der Waals surface area (Å²) in [6.07, 6.45) is 3.62. The first-order chi connectivity index (χ1) is 17.1. The maximum atomic E-state index is 15.0. The highest BCUT2D eigenvalue weighted by Gasteiger charge is 2.22. The number of nitrogens with one attached hydrogen (secondary N) is 2. The fourth-order valence-electron chi connectivity index (χ4n) is 4.49. The molecular weight excluding hydrogens is 451 g/mol. The van der Waals surface area contributed by atoms with E-state index in [1.165, 1.54) is 19.4 Å². The SMILES string of the molecule is COc1cc(-c2[nH]c3c(C#N)cnn3c2Nc2ccc(N3CCCC3)c(F)c2)cc(OC)c1OC. The lowest BCUT2D eigenvalue weighted by molar-refractivity contribution is 0.324. The normalized spacial score (nSPS) is 13.2. The molecule has 0 bridgehead atoms. The summed E-state index contributed by atoms with van der Waals surface area (Å²) < 4.78 is 33.0. The van der Waals surface area contributed by atoms with Gasteiger partial charge in [-0.25, -0.2) is 4.39 Å². The summed E-state index contributed by atoms with van der Waals surface area (Å²) >= 11 is 0. The molecule has 35 heavy (non-hydrogen) atoms. The summed E-state index contributed by atoms with van der Waals surface area (Å²) in [5.41, 5.74) is 3.35. The highest BCUT2D eigenvalue weighted by molar-refractivity contribution is 5.83. The van der Waals surface area contributed by atoms with E-state index < -0.39 is 0 Å². The zero-order valence-corrected chi connectivity index (χ0v) is 19.7. The lowest BCUT2D eigenvalue weighted by atomic mass is 10.1. The van der Waals surface area contributed by atoms with Gasteiger partial charge >= 0.3 is 0 Å². The Balaban J connectivity index is 1.62. The van der Waals surface area contributed by atoms with Crippen LogP contribution in [0.1, 0.15) is 18.4 Å². The fourth-order valence-corrected chi connectivity index (χ4v) is 4.49. The second-order valence-corrected chi connectivity index (χ2v) is 8.18. The molecule has 2 aromatic carbocycles. The number of hydrogen-bond acceptors (Lipinski definition) is 7. The molecule has 0 unspecified atom stereocenters. The van der Waals surface area contributed by atoms with Gasteiger partial charge in [0.2, 0.25) is 5.75 Å². The van der Waals surface area contributed by atoms with Crippen LogP contribution in [0.2, 0.25) is 0 Å². The highest BCUT2D eigenvalue weighted by atomic mass is 19.1. The van der Waals surface area contributed by atoms with Crippen molar-refractivity contribution in [2.75, 3.05) is 44.6 Å². The zero-order chi connectivity index (χ0) is 24.5. The van der Waals surface area contributed by atoms with Gasteiger partial charge < -0.3 is 29.4 Å². The average Bonchev–Trinajstić information content (AvgIpc) is 3.61. The van der Waals surface area contributed by atoms with E-state index in [0.717, 1.165) is 25.9 Å². The van der Waals surface area contributed by atoms with E-state index in [1.807, 2.05) is 6.07 Å². The summed E-state index contributed by atoms with van der Waals surface area (Å²) in [5.74, 6) is 1.64. The van der Waals surface area contributed by atoms with Gasteiger partial charge in [-0.15, -0.1) is 0 Å². The Kier molecular flexibility index (Phi) is 5.82. The number of imidazole rings is 1. The third-order valence-electron chi connectivity index (χ3n) is 6.19. The molecule has 4 aromatic rings. The molecule has 5 rings (SSSR count). The maximum Gasteiger partial charge on any atom is 0.203 e. The molecule has 1 saturated heterocycles. The van der Waals surface area contributed by atoms with Crippen molar-refractivity contribution in [1.29, 1.82) is 5.26 Å². The molecule has 3 heterocycles. The predicted molar refractivity (Wildman–Crippen MR) is 130 cm³/mol. The van der Waals surface area contributed by atoms with Crippen LogP contribution < -0.4 is 24.4 Å². The smallest absolute Gasteiger partial charge is 0.203 e. The number of fused-ring (bicyclic) bond motifs is 1. The Morgan fingerprint density at radius 2 is 1.77 bits per heavy atom. The van der Waals surface area contributed by atoms with Crippen LogP contribution in [0.15, 0.2) is 36.5 Å². The lowest BCUT2D eigenvalue weighted by Gasteiger charge is -2.19. The number of hydrogen-bond donors (Lipinski definition) is 2. The van der Waals surface area contributed by atoms with Crippen molar-refractivity contribution in [2.24, 2.45) is 0 Å². The molecule has 9 nitrogen and oxygen atoms in total. The first-order valence-corrected chi connectivity index (χ1v) is 11.2. The molecule has 180 valence electrons. The number of nitriles is 1. The van der Waals surface area contributed by atoms with Crippen molar-refractivity contribution < 1.29 is 18.6 Å². The minimum Gasteiger partial charge on any atom is -0.493 e. The molecule has 1 aliphatic heterocycles. The predicted octanol–water partition coefficient (Wildman–Crippen LogP) is 4.71. The van der Waals surface area contributed by atoms with E-state index in [2.05, 4.69) is 26.4 Å². The van der Waals surface area contributed by atoms with Crippen LogP contribution in [-0.2, 0) is 0 Å². The molecule has 1 fully saturated rings. The standard InChI is InChI=1S/C25H25FN6O3/c1-33-20-10-15(11-21(34-2)23(20)35-3)22-25(32-24(30-22)16(13-27)14-28-32)29-17-6-7-19(18(26)12-17)31-8-4-5-9-31/h6-7,10-12,14,29-30H,4-5,8-9H2,1-3H3. The van der Waals surface area contributed by atoms with Gasteiger partial charge in [-0.3, -0.25) is 0 Å². The van der Waals surface area contributed by atoms with E-state index in [1.54, 1.807) is 36.9 Å². The molecule has 2 aromatic heterocycles. The largest absolute Gasteiger partial charge is 0.493 e. The van der Waals surface area contributed by atoms with Crippen molar-refractivity contribution >= 4 is 22.8 Å². The number of aromatic amines is 1. The molecule has 10 heteroatoms. The van der Waals surface area contributed by atoms with Crippen LogP contribution in [-0.4, -0.2) is 49.0 Å². The molecule has 0 saturated carbocycles. The maximum absolute atomic E-state index is 15.0. The van der Waals surface area contributed by atoms with E-state index >= 15 is 4.39 Å². The van der Waals surface area contributed by atoms with E-state index in [4.69, 9.17) is 14.2 Å². The number of benzene rings is 2. The number of halogens is 1. The zero-order valence-electron chi connectivity index (χ0n) is 19.7. The summed E-state index contributed by atoms with van der Waals surface area (Å²) in [5, 5.41) is 17.2. The number of ether oxygens (including phenoxy) is 3. The Bertz CT molecular complexity index is 1410. The summed E-state index contributed by atoms with van der Waals surface area (Å²) in [6.45, 7) is 1.72. The molecule has 2 N–H and O–H groups in total. The van der Waals surface area contributed by atoms with Gasteiger partial charge in [0.25, 0.3) is 0 Å². The molecule has 0 radical (unpaired) electrons. The van der Waals surface area contributed by atoms with Crippen LogP contribution in [0.4, 0.5) is 21.6 Å². The Morgan fingerprint density at radius 3 is 2.37 bits per heavy atom. The summed E-state index contributed by atoms with van der Waals surface area (Å²) in [4.78, 5) is 5.33. The number of rotatable bonds is 7. The molecule has 0 spiro atoms. The van der Waals surface area contributed by atoms with Gasteiger partial charge in [0, 0.05) is 24.3 Å². The van der Waals surface area contributed by atoms with E-state index in [9.17, 15) is 5.26 Å². The van der Waals surface area contributed by atoms with Crippen LogP contribution >= 0.6 is 0 Å². The van der Waals surface area contributed by atoms with Crippen molar-refractivity contribution in [2.45, 2.75) is 12.8 Å². The quantitative estimate of drug-likeness (QED) is 0.398. The van der Waals surface area contributed by atoms with Crippen LogP contribution in [0, 0.1) is 17.1 Å². The van der Waals surface area contributed by atoms with Gasteiger partial charge in [-0.1, -0.05) is 0 Å².